The molecule has 3 aromatic heterocycles. The lowest BCUT2D eigenvalue weighted by Gasteiger charge is -2.11. The first-order valence-corrected chi connectivity index (χ1v) is 11.6. The van der Waals surface area contributed by atoms with Crippen molar-refractivity contribution in [2.24, 2.45) is 0 Å². The molecule has 0 aliphatic heterocycles. The molecular formula is C26H24F3N6O+. The van der Waals surface area contributed by atoms with Crippen LogP contribution in [0.15, 0.2) is 66.7 Å². The molecule has 10 heteroatoms. The molecule has 0 fully saturated rings. The maximum absolute atomic E-state index is 13.4. The van der Waals surface area contributed by atoms with Crippen molar-refractivity contribution in [2.75, 3.05) is 6.54 Å². The predicted molar refractivity (Wildman–Crippen MR) is 127 cm³/mol. The number of hydrogen-bond acceptors (Lipinski definition) is 5. The maximum atomic E-state index is 13.4. The molecule has 3 heterocycles. The van der Waals surface area contributed by atoms with Crippen molar-refractivity contribution in [1.29, 1.82) is 0 Å². The molecule has 2 N–H and O–H groups in total. The minimum Gasteiger partial charge on any atom is -0.470 e. The summed E-state index contributed by atoms with van der Waals surface area (Å²) in [6.45, 7) is 3.82. The van der Waals surface area contributed by atoms with Gasteiger partial charge in [0.25, 0.3) is 5.82 Å². The smallest absolute Gasteiger partial charge is 0.453 e. The van der Waals surface area contributed by atoms with Crippen LogP contribution >= 0.6 is 0 Å². The highest BCUT2D eigenvalue weighted by Gasteiger charge is 2.38. The summed E-state index contributed by atoms with van der Waals surface area (Å²) < 4.78 is 46.8. The third-order valence-electron chi connectivity index (χ3n) is 5.94. The number of nitrogens with two attached hydrogens (primary N) is 1. The van der Waals surface area contributed by atoms with Gasteiger partial charge in [-0.25, -0.2) is 4.98 Å². The second kappa shape index (κ2) is 9.90. The lowest BCUT2D eigenvalue weighted by Crippen LogP contribution is -2.83. The van der Waals surface area contributed by atoms with Gasteiger partial charge in [0.15, 0.2) is 5.65 Å². The second-order valence-corrected chi connectivity index (χ2v) is 8.47. The molecule has 0 saturated heterocycles. The summed E-state index contributed by atoms with van der Waals surface area (Å²) in [4.78, 5) is 4.64. The van der Waals surface area contributed by atoms with Gasteiger partial charge in [0, 0.05) is 17.2 Å². The topological polar surface area (TPSA) is 81.8 Å². The molecule has 0 atom stereocenters. The Balaban J connectivity index is 1.30. The van der Waals surface area contributed by atoms with E-state index in [0.29, 0.717) is 27.5 Å². The van der Waals surface area contributed by atoms with Crippen LogP contribution in [0.5, 0.6) is 5.88 Å². The number of rotatable bonds is 8. The molecule has 0 aliphatic carbocycles. The van der Waals surface area contributed by atoms with Crippen LogP contribution < -0.4 is 10.1 Å². The molecule has 0 radical (unpaired) electrons. The van der Waals surface area contributed by atoms with E-state index in [9.17, 15) is 13.2 Å². The Labute approximate surface area is 205 Å². The van der Waals surface area contributed by atoms with Gasteiger partial charge in [-0.3, -0.25) is 0 Å². The summed E-state index contributed by atoms with van der Waals surface area (Å²) in [7, 11) is 0. The number of fused-ring (bicyclic) bond motifs is 3. The van der Waals surface area contributed by atoms with E-state index in [-0.39, 0.29) is 18.1 Å². The van der Waals surface area contributed by atoms with Crippen molar-refractivity contribution in [3.05, 3.63) is 95.1 Å². The van der Waals surface area contributed by atoms with Crippen LogP contribution in [0, 0.1) is 6.92 Å². The number of benzene rings is 2. The van der Waals surface area contributed by atoms with Crippen LogP contribution in [0.4, 0.5) is 13.2 Å². The molecule has 36 heavy (non-hydrogen) atoms. The highest BCUT2D eigenvalue weighted by atomic mass is 19.4. The largest absolute Gasteiger partial charge is 0.470 e. The van der Waals surface area contributed by atoms with Gasteiger partial charge in [-0.1, -0.05) is 48.5 Å². The molecule has 0 aliphatic rings. The van der Waals surface area contributed by atoms with Crippen molar-refractivity contribution in [3.8, 4) is 5.88 Å². The van der Waals surface area contributed by atoms with E-state index in [1.165, 1.54) is 11.1 Å². The summed E-state index contributed by atoms with van der Waals surface area (Å²) >= 11 is 0. The van der Waals surface area contributed by atoms with Gasteiger partial charge in [-0.2, -0.15) is 17.7 Å². The minimum absolute atomic E-state index is 0.0200. The van der Waals surface area contributed by atoms with E-state index in [0.717, 1.165) is 18.7 Å². The van der Waals surface area contributed by atoms with Gasteiger partial charge in [0.1, 0.15) is 13.2 Å². The Morgan fingerprint density at radius 3 is 2.44 bits per heavy atom. The third kappa shape index (κ3) is 4.99. The Bertz CT molecular complexity index is 1520. The number of ether oxygens (including phenoxy) is 1. The molecule has 7 nitrogen and oxygen atoms in total. The summed E-state index contributed by atoms with van der Waals surface area (Å²) in [5.41, 5.74) is 4.20. The molecule has 0 saturated carbocycles. The fraction of sp³-hybridized carbons (Fsp3) is 0.231. The minimum atomic E-state index is -4.70. The number of aromatic nitrogens is 5. The maximum Gasteiger partial charge on any atom is 0.453 e. The van der Waals surface area contributed by atoms with E-state index >= 15 is 0 Å². The van der Waals surface area contributed by atoms with E-state index in [2.05, 4.69) is 50.7 Å². The van der Waals surface area contributed by atoms with Crippen LogP contribution in [-0.4, -0.2) is 31.3 Å². The number of aryl methyl sites for hydroxylation is 1. The molecule has 5 aromatic rings. The Morgan fingerprint density at radius 2 is 1.64 bits per heavy atom. The number of alkyl halides is 3. The van der Waals surface area contributed by atoms with Crippen molar-refractivity contribution < 1.29 is 23.2 Å². The normalized spacial score (nSPS) is 11.9. The van der Waals surface area contributed by atoms with Gasteiger partial charge in [0.05, 0.1) is 17.9 Å². The average Bonchev–Trinajstić information content (AvgIpc) is 3.31. The molecule has 184 valence electrons. The van der Waals surface area contributed by atoms with E-state index in [1.807, 2.05) is 24.3 Å². The molecule has 0 bridgehead atoms. The van der Waals surface area contributed by atoms with Gasteiger partial charge < -0.3 is 10.1 Å². The van der Waals surface area contributed by atoms with E-state index < -0.39 is 12.0 Å². The SMILES string of the molecule is Cc1ccccc1CC[NH2+]Cc1cccc(COc2nn3c(C(F)(F)F)nnc3c3ccccc23)n1. The zero-order valence-corrected chi connectivity index (χ0v) is 19.5. The fourth-order valence-electron chi connectivity index (χ4n) is 4.10. The van der Waals surface area contributed by atoms with Crippen LogP contribution in [-0.2, 0) is 25.7 Å². The van der Waals surface area contributed by atoms with Crippen molar-refractivity contribution >= 4 is 16.4 Å². The summed E-state index contributed by atoms with van der Waals surface area (Å²) in [5.74, 6) is -1.14. The van der Waals surface area contributed by atoms with Crippen molar-refractivity contribution in [2.45, 2.75) is 32.7 Å². The van der Waals surface area contributed by atoms with Gasteiger partial charge in [-0.15, -0.1) is 15.3 Å². The lowest BCUT2D eigenvalue weighted by molar-refractivity contribution is -0.670. The Hall–Kier alpha value is -4.05. The molecule has 2 aromatic carbocycles. The molecule has 0 unspecified atom stereocenters. The number of pyridine rings is 1. The standard InChI is InChI=1S/C26H23F3N6O/c1-17-7-2-3-8-18(17)13-14-30-15-19-9-6-10-20(31-19)16-36-24-22-12-5-4-11-21(22)23-32-33-25(26(27,28)29)35(23)34-24/h2-12,30H,13-16H2,1H3/p+1. The number of quaternary nitrogens is 1. The van der Waals surface area contributed by atoms with Gasteiger partial charge in [-0.05, 0) is 36.2 Å². The first-order valence-electron chi connectivity index (χ1n) is 11.6. The van der Waals surface area contributed by atoms with Crippen LogP contribution in [0.3, 0.4) is 0 Å². The Morgan fingerprint density at radius 1 is 0.889 bits per heavy atom. The van der Waals surface area contributed by atoms with Crippen LogP contribution in [0.25, 0.3) is 16.4 Å². The quantitative estimate of drug-likeness (QED) is 0.332. The summed E-state index contributed by atoms with van der Waals surface area (Å²) in [6, 6.07) is 20.9. The number of halogens is 3. The van der Waals surface area contributed by atoms with Gasteiger partial charge >= 0.3 is 6.18 Å². The highest BCUT2D eigenvalue weighted by molar-refractivity contribution is 5.96. The Kier molecular flexibility index (Phi) is 6.51. The number of nitrogens with zero attached hydrogens (tertiary/aromatic N) is 5. The first-order chi connectivity index (χ1) is 17.4. The molecule has 5 rings (SSSR count). The monoisotopic (exact) mass is 493 g/mol. The second-order valence-electron chi connectivity index (χ2n) is 8.47. The third-order valence-corrected chi connectivity index (χ3v) is 5.94. The summed E-state index contributed by atoms with van der Waals surface area (Å²) in [5, 5.41) is 14.3. The first kappa shape index (κ1) is 23.7. The van der Waals surface area contributed by atoms with Gasteiger partial charge in [0.2, 0.25) is 5.88 Å². The number of hydrogen-bond donors (Lipinski definition) is 1. The molecule has 0 amide bonds. The summed E-state index contributed by atoms with van der Waals surface area (Å²) in [6.07, 6.45) is -3.72. The van der Waals surface area contributed by atoms with E-state index in [1.54, 1.807) is 24.3 Å². The zero-order chi connectivity index (χ0) is 25.1. The highest BCUT2D eigenvalue weighted by Crippen LogP contribution is 2.32. The van der Waals surface area contributed by atoms with Crippen molar-refractivity contribution in [1.82, 2.24) is 24.8 Å². The fourth-order valence-corrected chi connectivity index (χ4v) is 4.10. The lowest BCUT2D eigenvalue weighted by atomic mass is 10.1. The molecule has 0 spiro atoms. The van der Waals surface area contributed by atoms with Crippen LogP contribution in [0.2, 0.25) is 0 Å². The van der Waals surface area contributed by atoms with Crippen molar-refractivity contribution in [3.63, 3.8) is 0 Å². The predicted octanol–water partition coefficient (Wildman–Crippen LogP) is 3.88. The molecular weight excluding hydrogens is 469 g/mol. The van der Waals surface area contributed by atoms with E-state index in [4.69, 9.17) is 4.74 Å². The van der Waals surface area contributed by atoms with Crippen LogP contribution in [0.1, 0.15) is 28.3 Å². The zero-order valence-electron chi connectivity index (χ0n) is 19.5. The average molecular weight is 494 g/mol.